The smallest absolute Gasteiger partial charge is 0.240 e. The number of hydrogen-bond donors (Lipinski definition) is 0. The van der Waals surface area contributed by atoms with E-state index in [1.54, 1.807) is 23.3 Å². The molecule has 0 fully saturated rings. The van der Waals surface area contributed by atoms with Crippen LogP contribution in [-0.2, 0) is 0 Å². The number of halogens is 1. The van der Waals surface area contributed by atoms with Gasteiger partial charge in [-0.1, -0.05) is 17.7 Å². The Morgan fingerprint density at radius 1 is 1.14 bits per heavy atom. The molecule has 0 saturated heterocycles. The third-order valence-corrected chi connectivity index (χ3v) is 4.05. The highest BCUT2D eigenvalue weighted by Gasteiger charge is 2.09. The molecule has 5 nitrogen and oxygen atoms in total. The number of imidazole rings is 1. The van der Waals surface area contributed by atoms with Crippen molar-refractivity contribution in [3.63, 3.8) is 0 Å². The van der Waals surface area contributed by atoms with Crippen LogP contribution in [0.25, 0.3) is 5.95 Å². The van der Waals surface area contributed by atoms with Crippen molar-refractivity contribution < 1.29 is 0 Å². The predicted octanol–water partition coefficient (Wildman–Crippen LogP) is 3.48. The lowest BCUT2D eigenvalue weighted by molar-refractivity contribution is 0.823. The Morgan fingerprint density at radius 2 is 2.00 bits per heavy atom. The molecule has 3 rings (SSSR count). The van der Waals surface area contributed by atoms with E-state index in [2.05, 4.69) is 52.0 Å². The minimum atomic E-state index is 0.168. The first-order valence-electron chi connectivity index (χ1n) is 6.27. The molecule has 0 saturated carbocycles. The van der Waals surface area contributed by atoms with E-state index in [1.807, 2.05) is 0 Å². The van der Waals surface area contributed by atoms with Gasteiger partial charge in [-0.25, -0.2) is 4.98 Å². The molecule has 3 aromatic rings. The number of benzene rings is 1. The summed E-state index contributed by atoms with van der Waals surface area (Å²) >= 11 is 7.46. The quantitative estimate of drug-likeness (QED) is 0.740. The van der Waals surface area contributed by atoms with Crippen molar-refractivity contribution in [1.29, 1.82) is 0 Å². The molecule has 0 N–H and O–H groups in total. The molecule has 0 radical (unpaired) electrons. The van der Waals surface area contributed by atoms with E-state index >= 15 is 0 Å². The van der Waals surface area contributed by atoms with E-state index in [4.69, 9.17) is 11.6 Å². The maximum Gasteiger partial charge on any atom is 0.240 e. The summed E-state index contributed by atoms with van der Waals surface area (Å²) in [5.41, 5.74) is 2.41. The summed E-state index contributed by atoms with van der Waals surface area (Å²) in [5.74, 6) is 0.458. The van der Waals surface area contributed by atoms with Gasteiger partial charge < -0.3 is 0 Å². The van der Waals surface area contributed by atoms with Crippen molar-refractivity contribution in [2.75, 3.05) is 0 Å². The number of rotatable bonds is 3. The van der Waals surface area contributed by atoms with Crippen LogP contribution in [0.4, 0.5) is 0 Å². The van der Waals surface area contributed by atoms with Crippen LogP contribution in [0.5, 0.6) is 0 Å². The molecule has 0 aliphatic rings. The monoisotopic (exact) mass is 317 g/mol. The molecule has 106 valence electrons. The second kappa shape index (κ2) is 5.83. The Bertz CT molecular complexity index is 773. The minimum absolute atomic E-state index is 0.168. The van der Waals surface area contributed by atoms with Crippen LogP contribution in [0.15, 0.2) is 47.0 Å². The summed E-state index contributed by atoms with van der Waals surface area (Å²) < 4.78 is 1.69. The van der Waals surface area contributed by atoms with Crippen molar-refractivity contribution in [2.24, 2.45) is 0 Å². The summed E-state index contributed by atoms with van der Waals surface area (Å²) in [5, 5.41) is 0.728. The first kappa shape index (κ1) is 14.0. The Kier molecular flexibility index (Phi) is 3.90. The second-order valence-corrected chi connectivity index (χ2v) is 5.88. The average Bonchev–Trinajstić information content (AvgIpc) is 2.95. The summed E-state index contributed by atoms with van der Waals surface area (Å²) in [6.45, 7) is 4.13. The van der Waals surface area contributed by atoms with Crippen LogP contribution in [0.1, 0.15) is 11.1 Å². The van der Waals surface area contributed by atoms with Gasteiger partial charge in [0.2, 0.25) is 11.2 Å². The molecule has 0 aliphatic carbocycles. The van der Waals surface area contributed by atoms with Gasteiger partial charge in [-0.05, 0) is 48.8 Å². The molecular formula is C14H12ClN5S. The molecule has 1 aromatic carbocycles. The van der Waals surface area contributed by atoms with Crippen LogP contribution in [-0.4, -0.2) is 24.5 Å². The third kappa shape index (κ3) is 3.22. The van der Waals surface area contributed by atoms with Crippen molar-refractivity contribution in [1.82, 2.24) is 24.5 Å². The van der Waals surface area contributed by atoms with E-state index in [1.165, 1.54) is 22.9 Å². The Morgan fingerprint density at radius 3 is 2.71 bits per heavy atom. The lowest BCUT2D eigenvalue weighted by Gasteiger charge is -2.07. The third-order valence-electron chi connectivity index (χ3n) is 2.84. The maximum absolute atomic E-state index is 5.99. The summed E-state index contributed by atoms with van der Waals surface area (Å²) in [7, 11) is 0. The zero-order valence-electron chi connectivity index (χ0n) is 11.5. The van der Waals surface area contributed by atoms with E-state index in [0.29, 0.717) is 11.1 Å². The Hall–Kier alpha value is -1.92. The zero-order valence-corrected chi connectivity index (χ0v) is 13.1. The molecule has 0 amide bonds. The molecule has 0 unspecified atom stereocenters. The van der Waals surface area contributed by atoms with Crippen molar-refractivity contribution in [3.05, 3.63) is 53.3 Å². The van der Waals surface area contributed by atoms with Crippen molar-refractivity contribution >= 4 is 23.4 Å². The fourth-order valence-electron chi connectivity index (χ4n) is 1.87. The molecule has 0 spiro atoms. The summed E-state index contributed by atoms with van der Waals surface area (Å²) in [4.78, 5) is 17.8. The van der Waals surface area contributed by atoms with E-state index in [0.717, 1.165) is 4.90 Å². The van der Waals surface area contributed by atoms with Gasteiger partial charge in [0, 0.05) is 17.3 Å². The average molecular weight is 318 g/mol. The zero-order chi connectivity index (χ0) is 14.8. The number of aromatic nitrogens is 5. The van der Waals surface area contributed by atoms with Gasteiger partial charge in [-0.15, -0.1) is 0 Å². The predicted molar refractivity (Wildman–Crippen MR) is 82.0 cm³/mol. The molecule has 21 heavy (non-hydrogen) atoms. The van der Waals surface area contributed by atoms with Gasteiger partial charge in [0.15, 0.2) is 5.16 Å². The highest BCUT2D eigenvalue weighted by Crippen LogP contribution is 2.29. The van der Waals surface area contributed by atoms with E-state index in [-0.39, 0.29) is 5.28 Å². The van der Waals surface area contributed by atoms with Crippen molar-refractivity contribution in [2.45, 2.75) is 23.9 Å². The van der Waals surface area contributed by atoms with Crippen LogP contribution in [0.3, 0.4) is 0 Å². The van der Waals surface area contributed by atoms with Crippen LogP contribution in [0.2, 0.25) is 5.28 Å². The van der Waals surface area contributed by atoms with Crippen LogP contribution in [0, 0.1) is 13.8 Å². The summed E-state index contributed by atoms with van der Waals surface area (Å²) in [6, 6.07) is 6.25. The number of nitrogens with zero attached hydrogens (tertiary/aromatic N) is 5. The lowest BCUT2D eigenvalue weighted by atomic mass is 10.2. The van der Waals surface area contributed by atoms with Gasteiger partial charge in [0.1, 0.15) is 6.33 Å². The van der Waals surface area contributed by atoms with Gasteiger partial charge in [0.25, 0.3) is 0 Å². The summed E-state index contributed by atoms with van der Waals surface area (Å²) in [6.07, 6.45) is 5.04. The molecule has 0 bridgehead atoms. The second-order valence-electron chi connectivity index (χ2n) is 4.53. The van der Waals surface area contributed by atoms with Gasteiger partial charge >= 0.3 is 0 Å². The molecule has 2 aromatic heterocycles. The van der Waals surface area contributed by atoms with E-state index in [9.17, 15) is 0 Å². The number of hydrogen-bond acceptors (Lipinski definition) is 5. The SMILES string of the molecule is Cc1ccc(Sc2nc(Cl)nc(-n3ccnc3)n2)c(C)c1. The van der Waals surface area contributed by atoms with E-state index < -0.39 is 0 Å². The topological polar surface area (TPSA) is 56.5 Å². The normalized spacial score (nSPS) is 10.8. The fraction of sp³-hybridized carbons (Fsp3) is 0.143. The molecule has 0 aliphatic heterocycles. The van der Waals surface area contributed by atoms with Crippen LogP contribution < -0.4 is 0 Å². The molecule has 0 atom stereocenters. The fourth-order valence-corrected chi connectivity index (χ4v) is 2.89. The van der Waals surface area contributed by atoms with Gasteiger partial charge in [-0.2, -0.15) is 15.0 Å². The molecule has 7 heteroatoms. The number of aryl methyl sites for hydroxylation is 2. The Labute approximate surface area is 131 Å². The maximum atomic E-state index is 5.99. The largest absolute Gasteiger partial charge is 0.274 e. The first-order valence-corrected chi connectivity index (χ1v) is 7.46. The van der Waals surface area contributed by atoms with Crippen molar-refractivity contribution in [3.8, 4) is 5.95 Å². The first-order chi connectivity index (χ1) is 10.1. The highest BCUT2D eigenvalue weighted by atomic mass is 35.5. The van der Waals surface area contributed by atoms with Gasteiger partial charge in [0.05, 0.1) is 0 Å². The highest BCUT2D eigenvalue weighted by molar-refractivity contribution is 7.99. The lowest BCUT2D eigenvalue weighted by Crippen LogP contribution is -2.02. The molecule has 2 heterocycles. The van der Waals surface area contributed by atoms with Gasteiger partial charge in [-0.3, -0.25) is 4.57 Å². The minimum Gasteiger partial charge on any atom is -0.274 e. The standard InChI is InChI=1S/C14H12ClN5S/c1-9-3-4-11(10(2)7-9)21-14-18-12(15)17-13(19-14)20-6-5-16-8-20/h3-8H,1-2H3. The molecular weight excluding hydrogens is 306 g/mol. The van der Waals surface area contributed by atoms with Crippen LogP contribution >= 0.6 is 23.4 Å². The Balaban J connectivity index is 1.95.